The monoisotopic (exact) mass is 375 g/mol. The highest BCUT2D eigenvalue weighted by Gasteiger charge is 2.29. The van der Waals surface area contributed by atoms with Gasteiger partial charge in [0.1, 0.15) is 11.6 Å². The van der Waals surface area contributed by atoms with Crippen LogP contribution in [0.15, 0.2) is 0 Å². The minimum absolute atomic E-state index is 0.650. The molecular formula is C13H18IN3S. The zero-order valence-electron chi connectivity index (χ0n) is 10.4. The van der Waals surface area contributed by atoms with E-state index in [0.717, 1.165) is 20.4 Å². The summed E-state index contributed by atoms with van der Waals surface area (Å²) in [6.45, 7) is 0. The summed E-state index contributed by atoms with van der Waals surface area (Å²) in [5.74, 6) is 3.18. The minimum atomic E-state index is 0.650. The van der Waals surface area contributed by atoms with E-state index in [2.05, 4.69) is 27.6 Å². The van der Waals surface area contributed by atoms with Crippen molar-refractivity contribution in [1.82, 2.24) is 9.97 Å². The molecule has 2 N–H and O–H groups in total. The van der Waals surface area contributed by atoms with E-state index < -0.39 is 0 Å². The van der Waals surface area contributed by atoms with Gasteiger partial charge in [-0.25, -0.2) is 9.97 Å². The topological polar surface area (TPSA) is 51.8 Å². The number of nitrogens with two attached hydrogens (primary N) is 1. The molecule has 3 rings (SSSR count). The molecule has 0 bridgehead atoms. The zero-order valence-corrected chi connectivity index (χ0v) is 13.3. The second kappa shape index (κ2) is 5.53. The van der Waals surface area contributed by atoms with Crippen LogP contribution in [0.1, 0.15) is 56.0 Å². The molecule has 5 heteroatoms. The van der Waals surface area contributed by atoms with Crippen LogP contribution in [-0.4, -0.2) is 15.2 Å². The van der Waals surface area contributed by atoms with Crippen molar-refractivity contribution >= 4 is 40.2 Å². The van der Waals surface area contributed by atoms with Crippen LogP contribution in [0, 0.1) is 3.57 Å². The fourth-order valence-corrected chi connectivity index (χ4v) is 4.33. The molecule has 0 unspecified atom stereocenters. The van der Waals surface area contributed by atoms with Gasteiger partial charge in [0.05, 0.1) is 15.0 Å². The maximum atomic E-state index is 6.00. The maximum absolute atomic E-state index is 6.00. The Morgan fingerprint density at radius 2 is 1.89 bits per heavy atom. The van der Waals surface area contributed by atoms with Crippen LogP contribution in [0.5, 0.6) is 0 Å². The van der Waals surface area contributed by atoms with Crippen molar-refractivity contribution in [3.05, 3.63) is 15.1 Å². The molecule has 3 nitrogen and oxygen atoms in total. The largest absolute Gasteiger partial charge is 0.383 e. The summed E-state index contributed by atoms with van der Waals surface area (Å²) in [5, 5.41) is 0.818. The van der Waals surface area contributed by atoms with Crippen LogP contribution in [-0.2, 0) is 5.75 Å². The molecule has 98 valence electrons. The molecule has 0 radical (unpaired) electrons. The minimum Gasteiger partial charge on any atom is -0.383 e. The van der Waals surface area contributed by atoms with Gasteiger partial charge in [-0.1, -0.05) is 12.8 Å². The standard InChI is InChI=1S/C13H18IN3S/c14-11-12(8-5-6-8)16-10(17-13(11)15)7-18-9-3-1-2-4-9/h8-9H,1-7H2,(H2,15,16,17). The predicted molar refractivity (Wildman–Crippen MR) is 84.7 cm³/mol. The van der Waals surface area contributed by atoms with Crippen LogP contribution in [0.2, 0.25) is 0 Å². The summed E-state index contributed by atoms with van der Waals surface area (Å²) < 4.78 is 1.07. The molecule has 0 saturated heterocycles. The summed E-state index contributed by atoms with van der Waals surface area (Å²) in [7, 11) is 0. The van der Waals surface area contributed by atoms with Crippen molar-refractivity contribution in [1.29, 1.82) is 0 Å². The summed E-state index contributed by atoms with van der Waals surface area (Å²) >= 11 is 4.30. The van der Waals surface area contributed by atoms with E-state index in [9.17, 15) is 0 Å². The number of nitrogen functional groups attached to an aromatic ring is 1. The highest BCUT2D eigenvalue weighted by atomic mass is 127. The Bertz CT molecular complexity index is 442. The van der Waals surface area contributed by atoms with Gasteiger partial charge in [-0.05, 0) is 48.3 Å². The van der Waals surface area contributed by atoms with Gasteiger partial charge in [-0.3, -0.25) is 0 Å². The molecule has 1 aromatic heterocycles. The molecule has 1 heterocycles. The number of halogens is 1. The van der Waals surface area contributed by atoms with Crippen molar-refractivity contribution in [3.63, 3.8) is 0 Å². The molecule has 18 heavy (non-hydrogen) atoms. The lowest BCUT2D eigenvalue weighted by atomic mass is 10.3. The lowest BCUT2D eigenvalue weighted by Gasteiger charge is -2.10. The number of hydrogen-bond acceptors (Lipinski definition) is 4. The van der Waals surface area contributed by atoms with Crippen molar-refractivity contribution < 1.29 is 0 Å². The van der Waals surface area contributed by atoms with Gasteiger partial charge in [0.25, 0.3) is 0 Å². The van der Waals surface area contributed by atoms with Crippen LogP contribution in [0.4, 0.5) is 5.82 Å². The highest BCUT2D eigenvalue weighted by molar-refractivity contribution is 14.1. The number of thioether (sulfide) groups is 1. The number of aromatic nitrogens is 2. The summed E-state index contributed by atoms with van der Waals surface area (Å²) in [4.78, 5) is 9.18. The van der Waals surface area contributed by atoms with Gasteiger partial charge >= 0.3 is 0 Å². The van der Waals surface area contributed by atoms with Gasteiger partial charge in [0.2, 0.25) is 0 Å². The first-order valence-corrected chi connectivity index (χ1v) is 8.80. The molecule has 1 aromatic rings. The molecule has 2 saturated carbocycles. The Hall–Kier alpha value is -0.0400. The molecule has 2 aliphatic rings. The van der Waals surface area contributed by atoms with Crippen LogP contribution < -0.4 is 5.73 Å². The summed E-state index contributed by atoms with van der Waals surface area (Å²) in [5.41, 5.74) is 7.20. The summed E-state index contributed by atoms with van der Waals surface area (Å²) in [6, 6.07) is 0. The first-order valence-electron chi connectivity index (χ1n) is 6.67. The quantitative estimate of drug-likeness (QED) is 0.816. The fourth-order valence-electron chi connectivity index (χ4n) is 2.47. The van der Waals surface area contributed by atoms with Gasteiger partial charge in [0.15, 0.2) is 0 Å². The zero-order chi connectivity index (χ0) is 12.5. The van der Waals surface area contributed by atoms with E-state index in [1.54, 1.807) is 0 Å². The number of anilines is 1. The fraction of sp³-hybridized carbons (Fsp3) is 0.692. The third kappa shape index (κ3) is 2.92. The Morgan fingerprint density at radius 3 is 2.56 bits per heavy atom. The molecule has 2 aliphatic carbocycles. The predicted octanol–water partition coefficient (Wildman–Crippen LogP) is 3.72. The SMILES string of the molecule is Nc1nc(CSC2CCCC2)nc(C2CC2)c1I. The van der Waals surface area contributed by atoms with Crippen LogP contribution >= 0.6 is 34.4 Å². The Labute approximate surface area is 126 Å². The third-order valence-electron chi connectivity index (χ3n) is 3.66. The first kappa shape index (κ1) is 13.0. The van der Waals surface area contributed by atoms with Crippen molar-refractivity contribution in [2.75, 3.05) is 5.73 Å². The lowest BCUT2D eigenvalue weighted by molar-refractivity contribution is 0.886. The smallest absolute Gasteiger partial charge is 0.140 e. The Balaban J connectivity index is 1.71. The second-order valence-electron chi connectivity index (χ2n) is 5.22. The van der Waals surface area contributed by atoms with Gasteiger partial charge in [-0.15, -0.1) is 0 Å². The first-order chi connectivity index (χ1) is 8.74. The van der Waals surface area contributed by atoms with Gasteiger partial charge in [0, 0.05) is 11.2 Å². The lowest BCUT2D eigenvalue weighted by Crippen LogP contribution is -2.07. The number of hydrogen-bond donors (Lipinski definition) is 1. The van der Waals surface area contributed by atoms with Crippen LogP contribution in [0.3, 0.4) is 0 Å². The van der Waals surface area contributed by atoms with Crippen molar-refractivity contribution in [3.8, 4) is 0 Å². The maximum Gasteiger partial charge on any atom is 0.140 e. The normalized spacial score (nSPS) is 20.5. The second-order valence-corrected chi connectivity index (χ2v) is 7.58. The molecule has 2 fully saturated rings. The molecule has 0 aromatic carbocycles. The van der Waals surface area contributed by atoms with E-state index >= 15 is 0 Å². The summed E-state index contributed by atoms with van der Waals surface area (Å²) in [6.07, 6.45) is 8.03. The molecule has 0 aliphatic heterocycles. The van der Waals surface area contributed by atoms with Crippen molar-refractivity contribution in [2.45, 2.75) is 55.4 Å². The molecule has 0 atom stereocenters. The van der Waals surface area contributed by atoms with Gasteiger partial charge in [-0.2, -0.15) is 11.8 Å². The van der Waals surface area contributed by atoms with Gasteiger partial charge < -0.3 is 5.73 Å². The van der Waals surface area contributed by atoms with Crippen molar-refractivity contribution in [2.24, 2.45) is 0 Å². The van der Waals surface area contributed by atoms with E-state index in [-0.39, 0.29) is 0 Å². The van der Waals surface area contributed by atoms with E-state index in [1.165, 1.54) is 44.2 Å². The van der Waals surface area contributed by atoms with E-state index in [4.69, 9.17) is 10.7 Å². The van der Waals surface area contributed by atoms with Crippen LogP contribution in [0.25, 0.3) is 0 Å². The van der Waals surface area contributed by atoms with E-state index in [1.807, 2.05) is 11.8 Å². The third-order valence-corrected chi connectivity index (χ3v) is 6.14. The number of nitrogens with zero attached hydrogens (tertiary/aromatic N) is 2. The molecule has 0 spiro atoms. The average Bonchev–Trinajstić information content (AvgIpc) is 3.07. The molecule has 0 amide bonds. The Morgan fingerprint density at radius 1 is 1.17 bits per heavy atom. The number of rotatable bonds is 4. The Kier molecular flexibility index (Phi) is 3.98. The average molecular weight is 375 g/mol. The molecular weight excluding hydrogens is 357 g/mol. The van der Waals surface area contributed by atoms with E-state index in [0.29, 0.717) is 11.7 Å². The highest BCUT2D eigenvalue weighted by Crippen LogP contribution is 2.42.